The lowest BCUT2D eigenvalue weighted by Gasteiger charge is -2.40. The van der Waals surface area contributed by atoms with E-state index < -0.39 is 6.10 Å². The van der Waals surface area contributed by atoms with Crippen LogP contribution in [0.4, 0.5) is 0 Å². The van der Waals surface area contributed by atoms with Gasteiger partial charge >= 0.3 is 0 Å². The van der Waals surface area contributed by atoms with Crippen molar-refractivity contribution in [2.45, 2.75) is 45.1 Å². The fourth-order valence-electron chi connectivity index (χ4n) is 4.89. The lowest BCUT2D eigenvalue weighted by atomic mass is 10.0. The summed E-state index contributed by atoms with van der Waals surface area (Å²) in [5.74, 6) is 0.862. The first-order valence-electron chi connectivity index (χ1n) is 11.4. The summed E-state index contributed by atoms with van der Waals surface area (Å²) in [4.78, 5) is 35.4. The molecule has 2 atom stereocenters. The largest absolute Gasteiger partial charge is 0.391 e. The van der Waals surface area contributed by atoms with E-state index in [0.29, 0.717) is 39.2 Å². The maximum absolute atomic E-state index is 13.2. The number of aliphatic hydroxyl groups excluding tert-OH is 1. The van der Waals surface area contributed by atoms with Crippen molar-refractivity contribution >= 4 is 22.8 Å². The number of benzene rings is 1. The van der Waals surface area contributed by atoms with Crippen LogP contribution in [0.15, 0.2) is 24.3 Å². The number of aromatic nitrogens is 2. The highest BCUT2D eigenvalue weighted by Crippen LogP contribution is 2.21. The molecule has 174 valence electrons. The number of carbonyl (C=O) groups excluding carboxylic acids is 2. The van der Waals surface area contributed by atoms with Crippen molar-refractivity contribution in [3.63, 3.8) is 0 Å². The van der Waals surface area contributed by atoms with E-state index in [1.54, 1.807) is 14.0 Å². The fraction of sp³-hybridized carbons (Fsp3) is 0.609. The summed E-state index contributed by atoms with van der Waals surface area (Å²) in [6, 6.07) is 7.80. The fourth-order valence-corrected chi connectivity index (χ4v) is 4.89. The highest BCUT2D eigenvalue weighted by molar-refractivity contribution is 5.81. The van der Waals surface area contributed by atoms with Crippen LogP contribution in [0.5, 0.6) is 0 Å². The Morgan fingerprint density at radius 1 is 1.06 bits per heavy atom. The first-order chi connectivity index (χ1) is 15.5. The Balaban J connectivity index is 1.41. The third kappa shape index (κ3) is 4.79. The highest BCUT2D eigenvalue weighted by Gasteiger charge is 2.33. The van der Waals surface area contributed by atoms with Crippen LogP contribution in [0.25, 0.3) is 11.0 Å². The van der Waals surface area contributed by atoms with Crippen LogP contribution < -0.4 is 0 Å². The second-order valence-corrected chi connectivity index (χ2v) is 8.67. The number of para-hydroxylation sites is 2. The Morgan fingerprint density at radius 2 is 1.78 bits per heavy atom. The molecule has 4 rings (SSSR count). The Kier molecular flexibility index (Phi) is 7.07. The highest BCUT2D eigenvalue weighted by atomic mass is 16.5. The minimum Gasteiger partial charge on any atom is -0.391 e. The Morgan fingerprint density at radius 3 is 2.50 bits per heavy atom. The van der Waals surface area contributed by atoms with Gasteiger partial charge in [-0.05, 0) is 25.0 Å². The molecular formula is C23H33N5O4. The molecule has 0 bridgehead atoms. The van der Waals surface area contributed by atoms with Crippen molar-refractivity contribution in [3.05, 3.63) is 30.1 Å². The number of amides is 2. The summed E-state index contributed by atoms with van der Waals surface area (Å²) in [6.45, 7) is 6.20. The molecule has 1 N–H and O–H groups in total. The Hall–Kier alpha value is -2.49. The van der Waals surface area contributed by atoms with Crippen molar-refractivity contribution < 1.29 is 19.4 Å². The van der Waals surface area contributed by atoms with E-state index in [9.17, 15) is 14.7 Å². The summed E-state index contributed by atoms with van der Waals surface area (Å²) in [5, 5.41) is 10.8. The van der Waals surface area contributed by atoms with E-state index in [1.807, 2.05) is 38.6 Å². The van der Waals surface area contributed by atoms with Gasteiger partial charge in [0.1, 0.15) is 19.0 Å². The lowest BCUT2D eigenvalue weighted by Crippen LogP contribution is -2.54. The van der Waals surface area contributed by atoms with E-state index in [2.05, 4.69) is 9.88 Å². The van der Waals surface area contributed by atoms with Crippen LogP contribution in [0.1, 0.15) is 25.6 Å². The summed E-state index contributed by atoms with van der Waals surface area (Å²) >= 11 is 0. The van der Waals surface area contributed by atoms with Gasteiger partial charge in [0.25, 0.3) is 0 Å². The molecule has 2 amide bonds. The molecule has 32 heavy (non-hydrogen) atoms. The number of fused-ring (bicyclic) bond motifs is 1. The predicted molar refractivity (Wildman–Crippen MR) is 120 cm³/mol. The van der Waals surface area contributed by atoms with Crippen molar-refractivity contribution in [1.29, 1.82) is 0 Å². The number of hydrogen-bond donors (Lipinski definition) is 1. The molecule has 3 heterocycles. The molecule has 2 fully saturated rings. The average Bonchev–Trinajstić information content (AvgIpc) is 3.00. The SMILES string of the molecule is COCc1nc2ccccc2n1CC(=O)N1CC[C@H](O)[C@@H](N2CCN(C(C)=O)CC2)CC1. The van der Waals surface area contributed by atoms with Crippen molar-refractivity contribution in [1.82, 2.24) is 24.3 Å². The van der Waals surface area contributed by atoms with Gasteiger partial charge in [-0.15, -0.1) is 0 Å². The van der Waals surface area contributed by atoms with Gasteiger partial charge < -0.3 is 24.2 Å². The number of rotatable bonds is 5. The molecule has 2 saturated heterocycles. The van der Waals surface area contributed by atoms with Gasteiger partial charge in [0.2, 0.25) is 11.8 Å². The van der Waals surface area contributed by atoms with Gasteiger partial charge in [0, 0.05) is 59.3 Å². The zero-order valence-electron chi connectivity index (χ0n) is 18.9. The second kappa shape index (κ2) is 9.97. The average molecular weight is 444 g/mol. The summed E-state index contributed by atoms with van der Waals surface area (Å²) < 4.78 is 7.22. The van der Waals surface area contributed by atoms with E-state index in [1.165, 1.54) is 0 Å². The molecule has 0 aliphatic carbocycles. The standard InChI is InChI=1S/C23H33N5O4/c1-17(29)25-11-13-26(14-12-25)20-7-9-27(10-8-21(20)30)23(31)15-28-19-6-4-3-5-18(19)24-22(28)16-32-2/h3-6,20-21,30H,7-16H2,1-2H3/t20-,21-/m0/s1. The maximum Gasteiger partial charge on any atom is 0.242 e. The van der Waals surface area contributed by atoms with Crippen LogP contribution in [0.3, 0.4) is 0 Å². The number of carbonyl (C=O) groups is 2. The van der Waals surface area contributed by atoms with Gasteiger partial charge in [-0.2, -0.15) is 0 Å². The molecule has 2 aliphatic heterocycles. The molecule has 0 spiro atoms. The third-order valence-corrected chi connectivity index (χ3v) is 6.72. The van der Waals surface area contributed by atoms with Gasteiger partial charge in [-0.1, -0.05) is 12.1 Å². The van der Waals surface area contributed by atoms with Gasteiger partial charge in [-0.3, -0.25) is 14.5 Å². The second-order valence-electron chi connectivity index (χ2n) is 8.67. The van der Waals surface area contributed by atoms with Gasteiger partial charge in [0.05, 0.1) is 17.1 Å². The van der Waals surface area contributed by atoms with Gasteiger partial charge in [-0.25, -0.2) is 4.98 Å². The Bertz CT molecular complexity index is 953. The molecule has 9 nitrogen and oxygen atoms in total. The van der Waals surface area contributed by atoms with Crippen LogP contribution in [0.2, 0.25) is 0 Å². The monoisotopic (exact) mass is 443 g/mol. The molecule has 1 aromatic heterocycles. The van der Waals surface area contributed by atoms with E-state index in [4.69, 9.17) is 4.74 Å². The van der Waals surface area contributed by atoms with Crippen molar-refractivity contribution in [2.24, 2.45) is 0 Å². The molecule has 0 radical (unpaired) electrons. The zero-order chi connectivity index (χ0) is 22.7. The topological polar surface area (TPSA) is 91.1 Å². The smallest absolute Gasteiger partial charge is 0.242 e. The summed E-state index contributed by atoms with van der Waals surface area (Å²) in [5.41, 5.74) is 1.77. The quantitative estimate of drug-likeness (QED) is 0.732. The number of aliphatic hydroxyl groups is 1. The third-order valence-electron chi connectivity index (χ3n) is 6.72. The van der Waals surface area contributed by atoms with E-state index in [-0.39, 0.29) is 24.4 Å². The predicted octanol–water partition coefficient (Wildman–Crippen LogP) is 0.699. The van der Waals surface area contributed by atoms with Crippen LogP contribution in [-0.2, 0) is 27.5 Å². The number of nitrogens with zero attached hydrogens (tertiary/aromatic N) is 5. The first kappa shape index (κ1) is 22.7. The van der Waals surface area contributed by atoms with Gasteiger partial charge in [0.15, 0.2) is 0 Å². The molecule has 0 saturated carbocycles. The molecule has 1 aromatic carbocycles. The number of piperazine rings is 1. The van der Waals surface area contributed by atoms with Crippen molar-refractivity contribution in [2.75, 3.05) is 46.4 Å². The molecular weight excluding hydrogens is 410 g/mol. The number of methoxy groups -OCH3 is 1. The number of imidazole rings is 1. The first-order valence-corrected chi connectivity index (χ1v) is 11.4. The summed E-state index contributed by atoms with van der Waals surface area (Å²) in [7, 11) is 1.62. The van der Waals surface area contributed by atoms with E-state index in [0.717, 1.165) is 36.4 Å². The molecule has 9 heteroatoms. The number of ether oxygens (including phenoxy) is 1. The van der Waals surface area contributed by atoms with Crippen molar-refractivity contribution in [3.8, 4) is 0 Å². The lowest BCUT2D eigenvalue weighted by molar-refractivity contribution is -0.132. The van der Waals surface area contributed by atoms with Crippen LogP contribution >= 0.6 is 0 Å². The van der Waals surface area contributed by atoms with E-state index >= 15 is 0 Å². The van der Waals surface area contributed by atoms with Crippen LogP contribution in [0, 0.1) is 0 Å². The zero-order valence-corrected chi connectivity index (χ0v) is 18.9. The maximum atomic E-state index is 13.2. The van der Waals surface area contributed by atoms with Crippen LogP contribution in [-0.4, -0.2) is 99.7 Å². The number of likely N-dealkylation sites (tertiary alicyclic amines) is 1. The molecule has 2 aliphatic rings. The molecule has 2 aromatic rings. The Labute approximate surface area is 188 Å². The minimum absolute atomic E-state index is 0.0139. The normalized spacial score (nSPS) is 22.8. The minimum atomic E-state index is -0.477. The molecule has 0 unspecified atom stereocenters. The summed E-state index contributed by atoms with van der Waals surface area (Å²) in [6.07, 6.45) is 0.802. The number of hydrogen-bond acceptors (Lipinski definition) is 6.